The van der Waals surface area contributed by atoms with Crippen LogP contribution in [0.2, 0.25) is 0 Å². The molecule has 3 rings (SSSR count). The highest BCUT2D eigenvalue weighted by molar-refractivity contribution is 5.92. The maximum Gasteiger partial charge on any atom is 0.223 e. The van der Waals surface area contributed by atoms with Gasteiger partial charge in [-0.25, -0.2) is 0 Å². The Morgan fingerprint density at radius 2 is 2.25 bits per heavy atom. The number of carbonyl (C=O) groups excluding carboxylic acids is 1. The Labute approximate surface area is 121 Å². The van der Waals surface area contributed by atoms with Gasteiger partial charge in [-0.3, -0.25) is 4.79 Å². The summed E-state index contributed by atoms with van der Waals surface area (Å²) in [6, 6.07) is 7.32. The second kappa shape index (κ2) is 5.96. The van der Waals surface area contributed by atoms with Gasteiger partial charge in [0.1, 0.15) is 0 Å². The summed E-state index contributed by atoms with van der Waals surface area (Å²) in [6.07, 6.45) is 7.17. The summed E-state index contributed by atoms with van der Waals surface area (Å²) in [5, 5.41) is 3.60. The fourth-order valence-electron chi connectivity index (χ4n) is 3.46. The standard InChI is InChI=1S/C17H24N2O/c1-13(20)19-10-4-5-15-8-7-14(12-17(15)19)11-16-6-2-3-9-18-16/h7-8,12,16,18H,2-6,9-11H2,1H3. The fourth-order valence-corrected chi connectivity index (χ4v) is 3.46. The van der Waals surface area contributed by atoms with E-state index in [0.717, 1.165) is 38.0 Å². The van der Waals surface area contributed by atoms with Gasteiger partial charge in [0.15, 0.2) is 0 Å². The molecule has 1 aromatic carbocycles. The number of nitrogens with one attached hydrogen (secondary N) is 1. The zero-order chi connectivity index (χ0) is 13.9. The largest absolute Gasteiger partial charge is 0.314 e. The summed E-state index contributed by atoms with van der Waals surface area (Å²) in [5.74, 6) is 0.166. The molecule has 2 aliphatic rings. The summed E-state index contributed by atoms with van der Waals surface area (Å²) in [6.45, 7) is 3.69. The van der Waals surface area contributed by atoms with E-state index in [1.807, 2.05) is 4.90 Å². The van der Waals surface area contributed by atoms with Gasteiger partial charge in [-0.05, 0) is 55.8 Å². The summed E-state index contributed by atoms with van der Waals surface area (Å²) in [7, 11) is 0. The Morgan fingerprint density at radius 3 is 3.00 bits per heavy atom. The molecule has 1 aromatic rings. The van der Waals surface area contributed by atoms with Crippen LogP contribution in [0.25, 0.3) is 0 Å². The van der Waals surface area contributed by atoms with Crippen LogP contribution in [0.5, 0.6) is 0 Å². The van der Waals surface area contributed by atoms with Gasteiger partial charge in [0.05, 0.1) is 0 Å². The van der Waals surface area contributed by atoms with Crippen LogP contribution in [0.4, 0.5) is 5.69 Å². The predicted molar refractivity (Wildman–Crippen MR) is 82.1 cm³/mol. The number of rotatable bonds is 2. The fraction of sp³-hybridized carbons (Fsp3) is 0.588. The van der Waals surface area contributed by atoms with Crippen molar-refractivity contribution < 1.29 is 4.79 Å². The molecule has 2 aliphatic heterocycles. The van der Waals surface area contributed by atoms with Crippen LogP contribution in [0.1, 0.15) is 43.7 Å². The first kappa shape index (κ1) is 13.6. The molecule has 1 unspecified atom stereocenters. The van der Waals surface area contributed by atoms with Gasteiger partial charge in [-0.1, -0.05) is 18.6 Å². The van der Waals surface area contributed by atoms with Crippen molar-refractivity contribution in [3.8, 4) is 0 Å². The molecule has 1 saturated heterocycles. The van der Waals surface area contributed by atoms with Gasteiger partial charge < -0.3 is 10.2 Å². The first-order valence-electron chi connectivity index (χ1n) is 7.87. The molecule has 3 heteroatoms. The van der Waals surface area contributed by atoms with Crippen molar-refractivity contribution >= 4 is 11.6 Å². The highest BCUT2D eigenvalue weighted by atomic mass is 16.2. The number of aryl methyl sites for hydroxylation is 1. The van der Waals surface area contributed by atoms with E-state index in [9.17, 15) is 4.79 Å². The maximum absolute atomic E-state index is 11.8. The Balaban J connectivity index is 1.79. The molecule has 1 fully saturated rings. The molecule has 1 amide bonds. The average Bonchev–Trinajstić information content (AvgIpc) is 2.47. The monoisotopic (exact) mass is 272 g/mol. The number of hydrogen-bond donors (Lipinski definition) is 1. The van der Waals surface area contributed by atoms with E-state index >= 15 is 0 Å². The van der Waals surface area contributed by atoms with Gasteiger partial charge in [-0.15, -0.1) is 0 Å². The lowest BCUT2D eigenvalue weighted by molar-refractivity contribution is -0.116. The van der Waals surface area contributed by atoms with Gasteiger partial charge in [-0.2, -0.15) is 0 Å². The third-order valence-electron chi connectivity index (χ3n) is 4.54. The Bertz CT molecular complexity index is 492. The van der Waals surface area contributed by atoms with Crippen LogP contribution in [0.15, 0.2) is 18.2 Å². The summed E-state index contributed by atoms with van der Waals surface area (Å²) >= 11 is 0. The zero-order valence-corrected chi connectivity index (χ0v) is 12.3. The van der Waals surface area contributed by atoms with Gasteiger partial charge in [0.2, 0.25) is 5.91 Å². The van der Waals surface area contributed by atoms with Crippen LogP contribution >= 0.6 is 0 Å². The minimum Gasteiger partial charge on any atom is -0.314 e. The lowest BCUT2D eigenvalue weighted by atomic mass is 9.94. The van der Waals surface area contributed by atoms with Crippen molar-refractivity contribution in [2.24, 2.45) is 0 Å². The van der Waals surface area contributed by atoms with E-state index in [0.29, 0.717) is 6.04 Å². The molecular weight excluding hydrogens is 248 g/mol. The Hall–Kier alpha value is -1.35. The third kappa shape index (κ3) is 2.88. The number of fused-ring (bicyclic) bond motifs is 1. The summed E-state index contributed by atoms with van der Waals surface area (Å²) in [5.41, 5.74) is 3.83. The molecule has 1 atom stereocenters. The maximum atomic E-state index is 11.8. The molecule has 0 aromatic heterocycles. The predicted octanol–water partition coefficient (Wildman–Crippen LogP) is 2.67. The molecule has 3 nitrogen and oxygen atoms in total. The van der Waals surface area contributed by atoms with Gasteiger partial charge in [0, 0.05) is 25.2 Å². The van der Waals surface area contributed by atoms with Crippen molar-refractivity contribution in [1.82, 2.24) is 5.32 Å². The third-order valence-corrected chi connectivity index (χ3v) is 4.54. The Kier molecular flexibility index (Phi) is 4.06. The molecule has 108 valence electrons. The van der Waals surface area contributed by atoms with Gasteiger partial charge >= 0.3 is 0 Å². The first-order chi connectivity index (χ1) is 9.74. The minimum atomic E-state index is 0.166. The second-order valence-corrected chi connectivity index (χ2v) is 6.09. The molecule has 0 saturated carbocycles. The molecule has 0 aliphatic carbocycles. The van der Waals surface area contributed by atoms with Crippen LogP contribution in [-0.4, -0.2) is 25.0 Å². The number of amides is 1. The van der Waals surface area contributed by atoms with E-state index in [2.05, 4.69) is 23.5 Å². The molecule has 20 heavy (non-hydrogen) atoms. The van der Waals surface area contributed by atoms with E-state index in [1.165, 1.54) is 30.4 Å². The molecule has 2 heterocycles. The number of benzene rings is 1. The second-order valence-electron chi connectivity index (χ2n) is 6.09. The van der Waals surface area contributed by atoms with Crippen LogP contribution < -0.4 is 10.2 Å². The van der Waals surface area contributed by atoms with Crippen molar-refractivity contribution in [2.75, 3.05) is 18.0 Å². The van der Waals surface area contributed by atoms with Crippen LogP contribution in [0, 0.1) is 0 Å². The van der Waals surface area contributed by atoms with E-state index in [1.54, 1.807) is 6.92 Å². The highest BCUT2D eigenvalue weighted by Crippen LogP contribution is 2.29. The van der Waals surface area contributed by atoms with Crippen LogP contribution in [-0.2, 0) is 17.6 Å². The lowest BCUT2D eigenvalue weighted by Crippen LogP contribution is -2.36. The Morgan fingerprint density at radius 1 is 1.35 bits per heavy atom. The smallest absolute Gasteiger partial charge is 0.223 e. The number of carbonyl (C=O) groups is 1. The molecule has 0 spiro atoms. The van der Waals surface area contributed by atoms with Crippen LogP contribution in [0.3, 0.4) is 0 Å². The summed E-state index contributed by atoms with van der Waals surface area (Å²) in [4.78, 5) is 13.7. The molecule has 1 N–H and O–H groups in total. The van der Waals surface area contributed by atoms with Crippen molar-refractivity contribution in [3.63, 3.8) is 0 Å². The van der Waals surface area contributed by atoms with Gasteiger partial charge in [0.25, 0.3) is 0 Å². The first-order valence-corrected chi connectivity index (χ1v) is 7.87. The number of hydrogen-bond acceptors (Lipinski definition) is 2. The summed E-state index contributed by atoms with van der Waals surface area (Å²) < 4.78 is 0. The van der Waals surface area contributed by atoms with E-state index < -0.39 is 0 Å². The van der Waals surface area contributed by atoms with Crippen molar-refractivity contribution in [1.29, 1.82) is 0 Å². The number of anilines is 1. The topological polar surface area (TPSA) is 32.3 Å². The number of piperidine rings is 1. The normalized spacial score (nSPS) is 22.4. The lowest BCUT2D eigenvalue weighted by Gasteiger charge is -2.30. The molecular formula is C17H24N2O. The molecule has 0 bridgehead atoms. The van der Waals surface area contributed by atoms with E-state index in [-0.39, 0.29) is 5.91 Å². The number of nitrogens with zero attached hydrogens (tertiary/aromatic N) is 1. The highest BCUT2D eigenvalue weighted by Gasteiger charge is 2.21. The van der Waals surface area contributed by atoms with E-state index in [4.69, 9.17) is 0 Å². The zero-order valence-electron chi connectivity index (χ0n) is 12.3. The van der Waals surface area contributed by atoms with Crippen molar-refractivity contribution in [3.05, 3.63) is 29.3 Å². The minimum absolute atomic E-state index is 0.166. The average molecular weight is 272 g/mol. The molecule has 0 radical (unpaired) electrons. The quantitative estimate of drug-likeness (QED) is 0.897. The SMILES string of the molecule is CC(=O)N1CCCc2ccc(CC3CCCCN3)cc21. The van der Waals surface area contributed by atoms with Crippen molar-refractivity contribution in [2.45, 2.75) is 51.5 Å².